The lowest BCUT2D eigenvalue weighted by molar-refractivity contribution is -0.128. The summed E-state index contributed by atoms with van der Waals surface area (Å²) < 4.78 is 16.3. The monoisotopic (exact) mass is 427 g/mol. The van der Waals surface area contributed by atoms with E-state index in [9.17, 15) is 9.18 Å². The first-order chi connectivity index (χ1) is 14.2. The Hall–Kier alpha value is -2.65. The van der Waals surface area contributed by atoms with Crippen LogP contribution < -0.4 is 4.90 Å². The van der Waals surface area contributed by atoms with Crippen LogP contribution in [0.2, 0.25) is 0 Å². The summed E-state index contributed by atoms with van der Waals surface area (Å²) in [5.41, 5.74) is 2.06. The van der Waals surface area contributed by atoms with Crippen molar-refractivity contribution in [2.75, 3.05) is 36.8 Å². The van der Waals surface area contributed by atoms with Gasteiger partial charge in [-0.15, -0.1) is 10.2 Å². The molecule has 0 bridgehead atoms. The number of fused-ring (bicyclic) bond motifs is 3. The van der Waals surface area contributed by atoms with Crippen molar-refractivity contribution in [2.45, 2.75) is 5.16 Å². The van der Waals surface area contributed by atoms with Crippen LogP contribution in [-0.2, 0) is 4.79 Å². The molecule has 3 heterocycles. The molecule has 4 aromatic rings. The molecular formula is C20H18FN5OS2. The van der Waals surface area contributed by atoms with Gasteiger partial charge < -0.3 is 9.80 Å². The quantitative estimate of drug-likeness (QED) is 0.467. The molecule has 148 valence electrons. The van der Waals surface area contributed by atoms with Gasteiger partial charge in [0, 0.05) is 31.9 Å². The van der Waals surface area contributed by atoms with E-state index in [1.165, 1.54) is 23.9 Å². The van der Waals surface area contributed by atoms with Crippen LogP contribution >= 0.6 is 23.1 Å². The Morgan fingerprint density at radius 2 is 1.79 bits per heavy atom. The Morgan fingerprint density at radius 1 is 1.03 bits per heavy atom. The van der Waals surface area contributed by atoms with Crippen LogP contribution in [-0.4, -0.2) is 57.3 Å². The van der Waals surface area contributed by atoms with E-state index in [2.05, 4.69) is 21.2 Å². The van der Waals surface area contributed by atoms with Crippen molar-refractivity contribution in [3.8, 4) is 0 Å². The summed E-state index contributed by atoms with van der Waals surface area (Å²) in [4.78, 5) is 17.6. The van der Waals surface area contributed by atoms with Gasteiger partial charge >= 0.3 is 0 Å². The molecule has 0 N–H and O–H groups in total. The number of hydrogen-bond acceptors (Lipinski definition) is 6. The van der Waals surface area contributed by atoms with Crippen molar-refractivity contribution < 1.29 is 9.18 Å². The van der Waals surface area contributed by atoms with Crippen molar-refractivity contribution in [3.63, 3.8) is 0 Å². The molecular weight excluding hydrogens is 409 g/mol. The van der Waals surface area contributed by atoms with Gasteiger partial charge in [0.2, 0.25) is 10.9 Å². The van der Waals surface area contributed by atoms with E-state index in [4.69, 9.17) is 0 Å². The lowest BCUT2D eigenvalue weighted by Gasteiger charge is -2.36. The second-order valence-electron chi connectivity index (χ2n) is 6.80. The number of carbonyl (C=O) groups excluding carboxylic acids is 1. The van der Waals surface area contributed by atoms with Gasteiger partial charge in [-0.25, -0.2) is 4.39 Å². The molecule has 5 rings (SSSR count). The second-order valence-corrected chi connectivity index (χ2v) is 8.75. The summed E-state index contributed by atoms with van der Waals surface area (Å²) in [6.45, 7) is 2.81. The molecule has 1 aliphatic heterocycles. The van der Waals surface area contributed by atoms with Crippen LogP contribution in [0.5, 0.6) is 0 Å². The minimum atomic E-state index is -0.236. The van der Waals surface area contributed by atoms with Crippen LogP contribution in [0.4, 0.5) is 10.1 Å². The number of thioether (sulfide) groups is 1. The normalized spacial score (nSPS) is 14.8. The fourth-order valence-corrected chi connectivity index (χ4v) is 5.40. The third kappa shape index (κ3) is 3.56. The second kappa shape index (κ2) is 7.64. The van der Waals surface area contributed by atoms with Gasteiger partial charge in [0.15, 0.2) is 5.16 Å². The molecule has 0 unspecified atom stereocenters. The number of aromatic nitrogens is 3. The zero-order valence-electron chi connectivity index (χ0n) is 15.5. The highest BCUT2D eigenvalue weighted by Gasteiger charge is 2.22. The Kier molecular flexibility index (Phi) is 4.84. The number of thiazole rings is 1. The zero-order valence-corrected chi connectivity index (χ0v) is 17.1. The summed E-state index contributed by atoms with van der Waals surface area (Å²) in [6.07, 6.45) is 0. The topological polar surface area (TPSA) is 53.7 Å². The van der Waals surface area contributed by atoms with Crippen molar-refractivity contribution in [1.29, 1.82) is 0 Å². The molecule has 0 saturated carbocycles. The highest BCUT2D eigenvalue weighted by Crippen LogP contribution is 2.29. The maximum absolute atomic E-state index is 13.1. The number of amides is 1. The van der Waals surface area contributed by atoms with Crippen LogP contribution in [0.15, 0.2) is 53.7 Å². The van der Waals surface area contributed by atoms with Crippen molar-refractivity contribution in [3.05, 3.63) is 54.3 Å². The Balaban J connectivity index is 1.22. The largest absolute Gasteiger partial charge is 0.368 e. The van der Waals surface area contributed by atoms with Gasteiger partial charge in [0.05, 0.1) is 16.0 Å². The Bertz CT molecular complexity index is 1160. The van der Waals surface area contributed by atoms with Gasteiger partial charge in [0.1, 0.15) is 5.82 Å². The average molecular weight is 428 g/mol. The highest BCUT2D eigenvalue weighted by atomic mass is 32.2. The molecule has 1 saturated heterocycles. The summed E-state index contributed by atoms with van der Waals surface area (Å²) in [6, 6.07) is 14.6. The minimum Gasteiger partial charge on any atom is -0.368 e. The molecule has 2 aromatic heterocycles. The molecule has 1 amide bonds. The fourth-order valence-electron chi connectivity index (χ4n) is 3.53. The van der Waals surface area contributed by atoms with Gasteiger partial charge in [-0.1, -0.05) is 35.2 Å². The van der Waals surface area contributed by atoms with Crippen molar-refractivity contribution >= 4 is 49.9 Å². The first-order valence-corrected chi connectivity index (χ1v) is 11.1. The lowest BCUT2D eigenvalue weighted by atomic mass is 10.2. The SMILES string of the molecule is O=C(CSc1nnc2sc3ccccc3n12)N1CCN(c2ccc(F)cc2)CC1. The maximum Gasteiger partial charge on any atom is 0.233 e. The third-order valence-corrected chi connectivity index (χ3v) is 6.99. The Labute approximate surface area is 174 Å². The summed E-state index contributed by atoms with van der Waals surface area (Å²) in [5.74, 6) is 0.201. The van der Waals surface area contributed by atoms with E-state index in [1.54, 1.807) is 23.5 Å². The number of piperazine rings is 1. The van der Waals surface area contributed by atoms with E-state index in [0.29, 0.717) is 18.8 Å². The first-order valence-electron chi connectivity index (χ1n) is 9.33. The lowest BCUT2D eigenvalue weighted by Crippen LogP contribution is -2.49. The molecule has 9 heteroatoms. The number of anilines is 1. The number of hydrogen-bond donors (Lipinski definition) is 0. The van der Waals surface area contributed by atoms with E-state index in [-0.39, 0.29) is 11.7 Å². The summed E-state index contributed by atoms with van der Waals surface area (Å²) in [7, 11) is 0. The number of benzene rings is 2. The molecule has 6 nitrogen and oxygen atoms in total. The van der Waals surface area contributed by atoms with Gasteiger partial charge in [-0.05, 0) is 36.4 Å². The third-order valence-electron chi connectivity index (χ3n) is 5.06. The molecule has 1 fully saturated rings. The van der Waals surface area contributed by atoms with Crippen LogP contribution in [0.3, 0.4) is 0 Å². The van der Waals surface area contributed by atoms with Crippen molar-refractivity contribution in [1.82, 2.24) is 19.5 Å². The predicted octanol–water partition coefficient (Wildman–Crippen LogP) is 3.52. The number of para-hydroxylation sites is 1. The number of nitrogens with zero attached hydrogens (tertiary/aromatic N) is 5. The van der Waals surface area contributed by atoms with Gasteiger partial charge in [-0.3, -0.25) is 9.20 Å². The summed E-state index contributed by atoms with van der Waals surface area (Å²) in [5, 5.41) is 9.25. The van der Waals surface area contributed by atoms with Gasteiger partial charge in [0.25, 0.3) is 0 Å². The molecule has 2 aromatic carbocycles. The van der Waals surface area contributed by atoms with Crippen LogP contribution in [0.1, 0.15) is 0 Å². The molecule has 0 spiro atoms. The number of halogens is 1. The average Bonchev–Trinajstić information content (AvgIpc) is 3.32. The van der Waals surface area contributed by atoms with E-state index >= 15 is 0 Å². The maximum atomic E-state index is 13.1. The van der Waals surface area contributed by atoms with E-state index in [1.807, 2.05) is 27.5 Å². The van der Waals surface area contributed by atoms with Crippen LogP contribution in [0, 0.1) is 5.82 Å². The number of carbonyl (C=O) groups is 1. The molecule has 29 heavy (non-hydrogen) atoms. The molecule has 0 radical (unpaired) electrons. The van der Waals surface area contributed by atoms with E-state index < -0.39 is 0 Å². The summed E-state index contributed by atoms with van der Waals surface area (Å²) >= 11 is 3.02. The fraction of sp³-hybridized carbons (Fsp3) is 0.250. The predicted molar refractivity (Wildman–Crippen MR) is 114 cm³/mol. The highest BCUT2D eigenvalue weighted by molar-refractivity contribution is 7.99. The molecule has 0 aliphatic carbocycles. The van der Waals surface area contributed by atoms with Crippen LogP contribution in [0.25, 0.3) is 15.2 Å². The Morgan fingerprint density at radius 3 is 2.59 bits per heavy atom. The zero-order chi connectivity index (χ0) is 19.8. The first kappa shape index (κ1) is 18.4. The van der Waals surface area contributed by atoms with E-state index in [0.717, 1.165) is 39.1 Å². The standard InChI is InChI=1S/C20H18FN5OS2/c21-14-5-7-15(8-6-14)24-9-11-25(12-10-24)18(27)13-28-19-22-23-20-26(19)16-3-1-2-4-17(16)29-20/h1-8H,9-13H2. The molecule has 1 aliphatic rings. The smallest absolute Gasteiger partial charge is 0.233 e. The molecule has 0 atom stereocenters. The van der Waals surface area contributed by atoms with Gasteiger partial charge in [-0.2, -0.15) is 0 Å². The number of rotatable bonds is 4. The minimum absolute atomic E-state index is 0.102. The van der Waals surface area contributed by atoms with Crippen molar-refractivity contribution in [2.24, 2.45) is 0 Å².